The minimum absolute atomic E-state index is 0.127. The van der Waals surface area contributed by atoms with Crippen LogP contribution in [0.1, 0.15) is 38.5 Å². The summed E-state index contributed by atoms with van der Waals surface area (Å²) in [7, 11) is 0. The van der Waals surface area contributed by atoms with E-state index in [0.29, 0.717) is 18.2 Å². The van der Waals surface area contributed by atoms with Crippen molar-refractivity contribution in [1.82, 2.24) is 14.7 Å². The van der Waals surface area contributed by atoms with Gasteiger partial charge in [0.15, 0.2) is 0 Å². The molecule has 6 heteroatoms. The van der Waals surface area contributed by atoms with Gasteiger partial charge in [-0.1, -0.05) is 0 Å². The third kappa shape index (κ3) is 2.71. The average Bonchev–Trinajstić information content (AvgIpc) is 3.23. The summed E-state index contributed by atoms with van der Waals surface area (Å²) in [4.78, 5) is 30.1. The third-order valence-electron chi connectivity index (χ3n) is 6.08. The van der Waals surface area contributed by atoms with E-state index in [-0.39, 0.29) is 11.6 Å². The fraction of sp³-hybridized carbons (Fsp3) is 0.882. The largest absolute Gasteiger partial charge is 0.371 e. The van der Waals surface area contributed by atoms with Crippen molar-refractivity contribution in [2.24, 2.45) is 5.92 Å². The first kappa shape index (κ1) is 15.2. The van der Waals surface area contributed by atoms with Crippen LogP contribution in [0.25, 0.3) is 0 Å². The summed E-state index contributed by atoms with van der Waals surface area (Å²) < 4.78 is 6.06. The minimum atomic E-state index is -0.127. The van der Waals surface area contributed by atoms with Gasteiger partial charge in [0, 0.05) is 39.2 Å². The van der Waals surface area contributed by atoms with Gasteiger partial charge in [-0.2, -0.15) is 0 Å². The lowest BCUT2D eigenvalue weighted by Gasteiger charge is -2.51. The van der Waals surface area contributed by atoms with Crippen molar-refractivity contribution >= 4 is 11.9 Å². The van der Waals surface area contributed by atoms with E-state index in [0.717, 1.165) is 78.0 Å². The smallest absolute Gasteiger partial charge is 0.320 e. The van der Waals surface area contributed by atoms with Gasteiger partial charge in [-0.3, -0.25) is 4.79 Å². The molecule has 4 saturated heterocycles. The number of carbonyl (C=O) groups excluding carboxylic acids is 2. The van der Waals surface area contributed by atoms with E-state index in [9.17, 15) is 9.59 Å². The van der Waals surface area contributed by atoms with Crippen molar-refractivity contribution in [2.75, 3.05) is 45.9 Å². The second-order valence-electron chi connectivity index (χ2n) is 7.50. The summed E-state index contributed by atoms with van der Waals surface area (Å²) in [5, 5.41) is 0. The molecule has 6 nitrogen and oxygen atoms in total. The Bertz CT molecular complexity index is 483. The van der Waals surface area contributed by atoms with E-state index >= 15 is 0 Å². The molecular weight excluding hydrogens is 294 g/mol. The van der Waals surface area contributed by atoms with E-state index in [1.165, 1.54) is 0 Å². The number of nitrogens with zero attached hydrogens (tertiary/aromatic N) is 3. The number of carbonyl (C=O) groups is 2. The number of ether oxygens (including phenoxy) is 1. The van der Waals surface area contributed by atoms with E-state index in [4.69, 9.17) is 4.74 Å². The predicted molar refractivity (Wildman–Crippen MR) is 85.0 cm³/mol. The van der Waals surface area contributed by atoms with Crippen LogP contribution in [0.4, 0.5) is 4.79 Å². The minimum Gasteiger partial charge on any atom is -0.371 e. The van der Waals surface area contributed by atoms with Crippen molar-refractivity contribution in [3.8, 4) is 0 Å². The second kappa shape index (κ2) is 5.96. The lowest BCUT2D eigenvalue weighted by molar-refractivity contribution is -0.130. The zero-order valence-electron chi connectivity index (χ0n) is 13.8. The van der Waals surface area contributed by atoms with Gasteiger partial charge in [-0.05, 0) is 38.0 Å². The summed E-state index contributed by atoms with van der Waals surface area (Å²) in [6, 6.07) is 0.192. The molecule has 0 bridgehead atoms. The molecule has 0 radical (unpaired) electrons. The Hall–Kier alpha value is -1.30. The van der Waals surface area contributed by atoms with Crippen LogP contribution in [0.15, 0.2) is 0 Å². The number of urea groups is 1. The van der Waals surface area contributed by atoms with Crippen LogP contribution in [0.5, 0.6) is 0 Å². The Kier molecular flexibility index (Phi) is 3.95. The molecule has 0 unspecified atom stereocenters. The Balaban J connectivity index is 1.30. The maximum absolute atomic E-state index is 12.4. The maximum Gasteiger partial charge on any atom is 0.320 e. The molecule has 4 fully saturated rings. The standard InChI is InChI=1S/C17H27N3O3/c21-15-4-3-9-18(15)10-5-14-6-11-23-17(14)12-20(13-17)16(22)19-7-1-2-8-19/h14H,1-13H2/t14-/m0/s1. The first-order valence-electron chi connectivity index (χ1n) is 9.14. The fourth-order valence-corrected chi connectivity index (χ4v) is 4.64. The summed E-state index contributed by atoms with van der Waals surface area (Å²) in [6.07, 6.45) is 6.06. The maximum atomic E-state index is 12.4. The van der Waals surface area contributed by atoms with E-state index in [1.54, 1.807) is 0 Å². The lowest BCUT2D eigenvalue weighted by Crippen LogP contribution is -2.67. The van der Waals surface area contributed by atoms with Crippen LogP contribution in [0.2, 0.25) is 0 Å². The zero-order valence-corrected chi connectivity index (χ0v) is 13.8. The van der Waals surface area contributed by atoms with Gasteiger partial charge in [0.25, 0.3) is 0 Å². The first-order valence-corrected chi connectivity index (χ1v) is 9.14. The lowest BCUT2D eigenvalue weighted by atomic mass is 9.79. The Labute approximate surface area is 137 Å². The highest BCUT2D eigenvalue weighted by Gasteiger charge is 2.54. The summed E-state index contributed by atoms with van der Waals surface area (Å²) in [6.45, 7) is 5.85. The molecule has 0 aromatic rings. The molecule has 0 saturated carbocycles. The van der Waals surface area contributed by atoms with Gasteiger partial charge < -0.3 is 19.4 Å². The SMILES string of the molecule is O=C1CCCN1CC[C@H]1CCOC12CN(C(=O)N1CCCC1)C2. The number of likely N-dealkylation sites (tertiary alicyclic amines) is 3. The van der Waals surface area contributed by atoms with Crippen molar-refractivity contribution in [2.45, 2.75) is 44.1 Å². The highest BCUT2D eigenvalue weighted by Crippen LogP contribution is 2.42. The van der Waals surface area contributed by atoms with Crippen LogP contribution < -0.4 is 0 Å². The molecule has 4 heterocycles. The Morgan fingerprint density at radius 1 is 1.13 bits per heavy atom. The topological polar surface area (TPSA) is 53.1 Å². The van der Waals surface area contributed by atoms with Gasteiger partial charge in [-0.25, -0.2) is 4.79 Å². The number of hydrogen-bond acceptors (Lipinski definition) is 3. The molecule has 4 rings (SSSR count). The molecule has 1 atom stereocenters. The summed E-state index contributed by atoms with van der Waals surface area (Å²) in [5.74, 6) is 0.788. The van der Waals surface area contributed by atoms with E-state index < -0.39 is 0 Å². The molecule has 23 heavy (non-hydrogen) atoms. The third-order valence-corrected chi connectivity index (χ3v) is 6.08. The second-order valence-corrected chi connectivity index (χ2v) is 7.50. The first-order chi connectivity index (χ1) is 11.2. The number of rotatable bonds is 3. The van der Waals surface area contributed by atoms with Crippen molar-refractivity contribution < 1.29 is 14.3 Å². The number of hydrogen-bond donors (Lipinski definition) is 0. The fourth-order valence-electron chi connectivity index (χ4n) is 4.64. The van der Waals surface area contributed by atoms with Crippen LogP contribution in [0.3, 0.4) is 0 Å². The normalized spacial score (nSPS) is 29.7. The van der Waals surface area contributed by atoms with E-state index in [1.807, 2.05) is 14.7 Å². The number of amides is 3. The van der Waals surface area contributed by atoms with Crippen molar-refractivity contribution in [1.29, 1.82) is 0 Å². The predicted octanol–water partition coefficient (Wildman–Crippen LogP) is 1.31. The van der Waals surface area contributed by atoms with Crippen LogP contribution >= 0.6 is 0 Å². The molecule has 0 aromatic carbocycles. The quantitative estimate of drug-likeness (QED) is 0.787. The Morgan fingerprint density at radius 3 is 2.61 bits per heavy atom. The van der Waals surface area contributed by atoms with Gasteiger partial charge in [0.05, 0.1) is 13.1 Å². The van der Waals surface area contributed by atoms with Crippen LogP contribution in [-0.2, 0) is 9.53 Å². The Morgan fingerprint density at radius 2 is 1.91 bits per heavy atom. The molecule has 128 valence electrons. The van der Waals surface area contributed by atoms with Gasteiger partial charge in [0.2, 0.25) is 5.91 Å². The van der Waals surface area contributed by atoms with Crippen molar-refractivity contribution in [3.63, 3.8) is 0 Å². The zero-order chi connectivity index (χ0) is 15.9. The molecule has 4 aliphatic heterocycles. The van der Waals surface area contributed by atoms with Crippen LogP contribution in [-0.4, -0.2) is 78.1 Å². The summed E-state index contributed by atoms with van der Waals surface area (Å²) >= 11 is 0. The highest BCUT2D eigenvalue weighted by atomic mass is 16.5. The molecule has 3 amide bonds. The monoisotopic (exact) mass is 321 g/mol. The molecule has 0 aromatic heterocycles. The van der Waals surface area contributed by atoms with Gasteiger partial charge in [0.1, 0.15) is 5.60 Å². The van der Waals surface area contributed by atoms with E-state index in [2.05, 4.69) is 0 Å². The molecule has 0 N–H and O–H groups in total. The van der Waals surface area contributed by atoms with Crippen LogP contribution in [0, 0.1) is 5.92 Å². The average molecular weight is 321 g/mol. The molecule has 4 aliphatic rings. The van der Waals surface area contributed by atoms with Crippen molar-refractivity contribution in [3.05, 3.63) is 0 Å². The molecular formula is C17H27N3O3. The van der Waals surface area contributed by atoms with Gasteiger partial charge >= 0.3 is 6.03 Å². The van der Waals surface area contributed by atoms with Gasteiger partial charge in [-0.15, -0.1) is 0 Å². The highest BCUT2D eigenvalue weighted by molar-refractivity contribution is 5.78. The summed E-state index contributed by atoms with van der Waals surface area (Å²) in [5.41, 5.74) is -0.127. The molecule has 1 spiro atoms. The molecule has 0 aliphatic carbocycles.